The molecule has 0 aliphatic carbocycles. The number of sulfone groups is 1. The number of imidazole rings is 1. The molecule has 0 bridgehead atoms. The van der Waals surface area contributed by atoms with Crippen LogP contribution in [-0.4, -0.2) is 49.0 Å². The zero-order chi connectivity index (χ0) is 23.1. The van der Waals surface area contributed by atoms with Crippen LogP contribution in [0, 0.1) is 5.82 Å². The molecule has 0 spiro atoms. The van der Waals surface area contributed by atoms with Gasteiger partial charge in [-0.2, -0.15) is 0 Å². The highest BCUT2D eigenvalue weighted by molar-refractivity contribution is 7.90. The van der Waals surface area contributed by atoms with Crippen molar-refractivity contribution in [3.05, 3.63) is 83.4 Å². The first-order valence-electron chi connectivity index (χ1n) is 10.2. The number of halogens is 1. The fourth-order valence-electron chi connectivity index (χ4n) is 3.34. The summed E-state index contributed by atoms with van der Waals surface area (Å²) in [5.74, 6) is -0.875. The molecule has 0 unspecified atom stereocenters. The Kier molecular flexibility index (Phi) is 7.76. The summed E-state index contributed by atoms with van der Waals surface area (Å²) >= 11 is 0. The van der Waals surface area contributed by atoms with E-state index in [4.69, 9.17) is 4.74 Å². The third kappa shape index (κ3) is 5.60. The van der Waals surface area contributed by atoms with Gasteiger partial charge >= 0.3 is 0 Å². The molecule has 1 amide bonds. The summed E-state index contributed by atoms with van der Waals surface area (Å²) in [7, 11) is -2.19. The van der Waals surface area contributed by atoms with E-state index in [1.54, 1.807) is 33.7 Å². The van der Waals surface area contributed by atoms with Crippen molar-refractivity contribution >= 4 is 15.7 Å². The summed E-state index contributed by atoms with van der Waals surface area (Å²) in [5, 5.41) is -0.0568. The normalized spacial score (nSPS) is 11.5. The molecule has 32 heavy (non-hydrogen) atoms. The molecule has 0 radical (unpaired) electrons. The molecule has 9 heteroatoms. The van der Waals surface area contributed by atoms with Crippen LogP contribution >= 0.6 is 0 Å². The molecule has 1 heterocycles. The fourth-order valence-corrected chi connectivity index (χ4v) is 4.86. The monoisotopic (exact) mass is 459 g/mol. The molecule has 0 aliphatic heterocycles. The van der Waals surface area contributed by atoms with Gasteiger partial charge in [0.25, 0.3) is 5.91 Å². The van der Waals surface area contributed by atoms with Crippen LogP contribution in [0.3, 0.4) is 0 Å². The van der Waals surface area contributed by atoms with Crippen molar-refractivity contribution in [3.8, 4) is 0 Å². The lowest BCUT2D eigenvalue weighted by atomic mass is 10.2. The number of hydrogen-bond acceptors (Lipinski definition) is 5. The number of carbonyl (C=O) groups is 1. The fraction of sp³-hybridized carbons (Fsp3) is 0.304. The summed E-state index contributed by atoms with van der Waals surface area (Å²) in [5.41, 5.74) is 1.59. The first-order chi connectivity index (χ1) is 15.4. The van der Waals surface area contributed by atoms with E-state index in [0.29, 0.717) is 23.4 Å². The van der Waals surface area contributed by atoms with E-state index < -0.39 is 15.7 Å². The second-order valence-electron chi connectivity index (χ2n) is 7.25. The smallest absolute Gasteiger partial charge is 0.254 e. The van der Waals surface area contributed by atoms with E-state index in [1.807, 2.05) is 13.0 Å². The lowest BCUT2D eigenvalue weighted by molar-refractivity contribution is 0.0747. The number of hydrogen-bond donors (Lipinski definition) is 0. The molecule has 0 atom stereocenters. The SMILES string of the molecule is CCN(Cc1cnc(S(=O)(=O)Cc2ccccc2)n1CCOC)C(=O)c1ccc(F)cc1. The zero-order valence-electron chi connectivity index (χ0n) is 18.1. The number of ether oxygens (including phenoxy) is 1. The number of aromatic nitrogens is 2. The molecular weight excluding hydrogens is 433 g/mol. The van der Waals surface area contributed by atoms with E-state index in [2.05, 4.69) is 4.98 Å². The highest BCUT2D eigenvalue weighted by Crippen LogP contribution is 2.19. The van der Waals surface area contributed by atoms with Gasteiger partial charge in [-0.25, -0.2) is 17.8 Å². The lowest BCUT2D eigenvalue weighted by Crippen LogP contribution is -2.31. The van der Waals surface area contributed by atoms with Crippen molar-refractivity contribution in [1.29, 1.82) is 0 Å². The Bertz CT molecular complexity index is 1150. The van der Waals surface area contributed by atoms with Gasteiger partial charge in [-0.3, -0.25) is 4.79 Å². The van der Waals surface area contributed by atoms with Crippen LogP contribution in [0.15, 0.2) is 66.0 Å². The molecule has 7 nitrogen and oxygen atoms in total. The van der Waals surface area contributed by atoms with Crippen LogP contribution in [0.5, 0.6) is 0 Å². The predicted molar refractivity (Wildman–Crippen MR) is 118 cm³/mol. The van der Waals surface area contributed by atoms with E-state index >= 15 is 0 Å². The molecule has 170 valence electrons. The maximum atomic E-state index is 13.2. The standard InChI is InChI=1S/C23H26FN3O4S/c1-3-26(22(28)19-9-11-20(24)12-10-19)16-21-15-25-23(27(21)13-14-31-2)32(29,30)17-18-7-5-4-6-8-18/h4-12,15H,3,13-14,16-17H2,1-2H3. The zero-order valence-corrected chi connectivity index (χ0v) is 18.9. The second kappa shape index (κ2) is 10.5. The van der Waals surface area contributed by atoms with Gasteiger partial charge in [0.1, 0.15) is 5.82 Å². The van der Waals surface area contributed by atoms with Crippen LogP contribution in [0.1, 0.15) is 28.5 Å². The molecule has 3 rings (SSSR count). The van der Waals surface area contributed by atoms with Gasteiger partial charge < -0.3 is 14.2 Å². The Hall–Kier alpha value is -3.04. The van der Waals surface area contributed by atoms with E-state index in [9.17, 15) is 17.6 Å². The van der Waals surface area contributed by atoms with Crippen molar-refractivity contribution < 1.29 is 22.3 Å². The molecule has 0 saturated carbocycles. The topological polar surface area (TPSA) is 81.5 Å². The average Bonchev–Trinajstić information content (AvgIpc) is 3.19. The molecule has 2 aromatic carbocycles. The predicted octanol–water partition coefficient (Wildman–Crippen LogP) is 3.30. The largest absolute Gasteiger partial charge is 0.383 e. The van der Waals surface area contributed by atoms with Crippen molar-refractivity contribution in [2.75, 3.05) is 20.3 Å². The van der Waals surface area contributed by atoms with Gasteiger partial charge in [-0.05, 0) is 36.8 Å². The van der Waals surface area contributed by atoms with Gasteiger partial charge in [0.2, 0.25) is 15.0 Å². The van der Waals surface area contributed by atoms with Gasteiger partial charge in [-0.15, -0.1) is 0 Å². The third-order valence-corrected chi connectivity index (χ3v) is 6.61. The average molecular weight is 460 g/mol. The summed E-state index contributed by atoms with van der Waals surface area (Å²) in [6.07, 6.45) is 1.48. The van der Waals surface area contributed by atoms with Crippen LogP contribution in [0.4, 0.5) is 4.39 Å². The van der Waals surface area contributed by atoms with Gasteiger partial charge in [0.15, 0.2) is 0 Å². The number of amides is 1. The molecule has 1 aromatic heterocycles. The summed E-state index contributed by atoms with van der Waals surface area (Å²) in [6.45, 7) is 2.93. The van der Waals surface area contributed by atoms with Crippen molar-refractivity contribution in [3.63, 3.8) is 0 Å². The number of nitrogens with zero attached hydrogens (tertiary/aromatic N) is 3. The molecular formula is C23H26FN3O4S. The number of carbonyl (C=O) groups excluding carboxylic acids is 1. The minimum Gasteiger partial charge on any atom is -0.383 e. The quantitative estimate of drug-likeness (QED) is 0.465. The number of methoxy groups -OCH3 is 1. The molecule has 3 aromatic rings. The molecule has 0 saturated heterocycles. The molecule has 0 N–H and O–H groups in total. The van der Waals surface area contributed by atoms with E-state index in [0.717, 1.165) is 0 Å². The summed E-state index contributed by atoms with van der Waals surface area (Å²) in [4.78, 5) is 18.6. The highest BCUT2D eigenvalue weighted by Gasteiger charge is 2.25. The summed E-state index contributed by atoms with van der Waals surface area (Å²) < 4.78 is 46.2. The minimum absolute atomic E-state index is 0.0568. The maximum Gasteiger partial charge on any atom is 0.254 e. The number of rotatable bonds is 10. The van der Waals surface area contributed by atoms with Crippen molar-refractivity contribution in [1.82, 2.24) is 14.5 Å². The Morgan fingerprint density at radius 3 is 2.44 bits per heavy atom. The van der Waals surface area contributed by atoms with Crippen LogP contribution in [0.25, 0.3) is 0 Å². The first kappa shape index (κ1) is 23.6. The maximum absolute atomic E-state index is 13.2. The van der Waals surface area contributed by atoms with Crippen LogP contribution < -0.4 is 0 Å². The van der Waals surface area contributed by atoms with E-state index in [-0.39, 0.29) is 36.5 Å². The van der Waals surface area contributed by atoms with E-state index in [1.165, 1.54) is 37.6 Å². The third-order valence-electron chi connectivity index (χ3n) is 5.01. The van der Waals surface area contributed by atoms with Gasteiger partial charge in [0.05, 0.1) is 30.8 Å². The highest BCUT2D eigenvalue weighted by atomic mass is 32.2. The van der Waals surface area contributed by atoms with Crippen LogP contribution in [-0.2, 0) is 33.4 Å². The Morgan fingerprint density at radius 2 is 1.81 bits per heavy atom. The summed E-state index contributed by atoms with van der Waals surface area (Å²) in [6, 6.07) is 14.2. The minimum atomic E-state index is -3.72. The van der Waals surface area contributed by atoms with Crippen molar-refractivity contribution in [2.24, 2.45) is 0 Å². The van der Waals surface area contributed by atoms with Gasteiger partial charge in [0, 0.05) is 25.8 Å². The second-order valence-corrected chi connectivity index (χ2v) is 9.13. The first-order valence-corrected chi connectivity index (χ1v) is 11.9. The van der Waals surface area contributed by atoms with Gasteiger partial charge in [-0.1, -0.05) is 30.3 Å². The molecule has 0 fully saturated rings. The Morgan fingerprint density at radius 1 is 1.12 bits per heavy atom. The van der Waals surface area contributed by atoms with Crippen molar-refractivity contribution in [2.45, 2.75) is 30.9 Å². The molecule has 0 aliphatic rings. The Balaban J connectivity index is 1.89. The number of benzene rings is 2. The Labute approximate surface area is 187 Å². The van der Waals surface area contributed by atoms with Crippen LogP contribution in [0.2, 0.25) is 0 Å². The lowest BCUT2D eigenvalue weighted by Gasteiger charge is -2.22.